The lowest BCUT2D eigenvalue weighted by Gasteiger charge is -2.45. The number of hydrogen-bond donors (Lipinski definition) is 2. The van der Waals surface area contributed by atoms with Crippen molar-refractivity contribution in [1.29, 1.82) is 0 Å². The summed E-state index contributed by atoms with van der Waals surface area (Å²) in [4.78, 5) is 45.2. The van der Waals surface area contributed by atoms with E-state index in [0.29, 0.717) is 12.8 Å². The molecule has 8 heteroatoms. The molecule has 36 heavy (non-hydrogen) atoms. The highest BCUT2D eigenvalue weighted by molar-refractivity contribution is 5.68. The van der Waals surface area contributed by atoms with Gasteiger partial charge in [0.25, 0.3) is 0 Å². The molecule has 0 bridgehead atoms. The second kappa shape index (κ2) is 13.0. The number of carbonyl (C=O) groups is 2. The van der Waals surface area contributed by atoms with Crippen molar-refractivity contribution in [2.75, 3.05) is 0 Å². The molecule has 0 amide bonds. The fourth-order valence-corrected chi connectivity index (χ4v) is 6.17. The van der Waals surface area contributed by atoms with Crippen molar-refractivity contribution in [2.45, 2.75) is 167 Å². The summed E-state index contributed by atoms with van der Waals surface area (Å²) in [7, 11) is 0. The van der Waals surface area contributed by atoms with Gasteiger partial charge in [-0.25, -0.2) is 9.59 Å². The summed E-state index contributed by atoms with van der Waals surface area (Å²) in [5, 5.41) is 7.18. The summed E-state index contributed by atoms with van der Waals surface area (Å²) >= 11 is 0. The van der Waals surface area contributed by atoms with Crippen LogP contribution in [0.15, 0.2) is 0 Å². The molecule has 2 rings (SSSR count). The molecule has 2 saturated heterocycles. The minimum Gasteiger partial charge on any atom is -0.307 e. The number of rotatable bonds is 13. The van der Waals surface area contributed by atoms with Gasteiger partial charge in [0.1, 0.15) is 12.2 Å². The van der Waals surface area contributed by atoms with E-state index in [9.17, 15) is 9.59 Å². The predicted octanol–water partition coefficient (Wildman–Crippen LogP) is 5.68. The van der Waals surface area contributed by atoms with Gasteiger partial charge in [0.05, 0.1) is 0 Å². The van der Waals surface area contributed by atoms with Crippen LogP contribution in [0.4, 0.5) is 0 Å². The maximum absolute atomic E-state index is 12.0. The van der Waals surface area contributed by atoms with E-state index in [4.69, 9.17) is 19.6 Å². The predicted molar refractivity (Wildman–Crippen MR) is 140 cm³/mol. The van der Waals surface area contributed by atoms with Crippen LogP contribution in [-0.4, -0.2) is 46.3 Å². The highest BCUT2D eigenvalue weighted by Crippen LogP contribution is 2.31. The second-order valence-corrected chi connectivity index (χ2v) is 13.6. The van der Waals surface area contributed by atoms with Crippen molar-refractivity contribution in [3.63, 3.8) is 0 Å². The minimum atomic E-state index is -0.299. The monoisotopic (exact) mass is 512 g/mol. The summed E-state index contributed by atoms with van der Waals surface area (Å²) < 4.78 is 0. The zero-order chi connectivity index (χ0) is 27.0. The molecule has 2 fully saturated rings. The molecule has 2 N–H and O–H groups in total. The molecule has 0 aliphatic carbocycles. The Morgan fingerprint density at radius 2 is 0.833 bits per heavy atom. The van der Waals surface area contributed by atoms with Crippen LogP contribution in [-0.2, 0) is 29.1 Å². The average molecular weight is 513 g/mol. The molecule has 0 saturated carbocycles. The average Bonchev–Trinajstić information content (AvgIpc) is 2.68. The Bertz CT molecular complexity index is 627. The molecule has 210 valence electrons. The minimum absolute atomic E-state index is 0.0515. The Labute approximate surface area is 218 Å². The highest BCUT2D eigenvalue weighted by Gasteiger charge is 2.40. The van der Waals surface area contributed by atoms with E-state index in [-0.39, 0.29) is 46.3 Å². The van der Waals surface area contributed by atoms with Crippen LogP contribution >= 0.6 is 0 Å². The Kier molecular flexibility index (Phi) is 11.2. The van der Waals surface area contributed by atoms with Gasteiger partial charge in [-0.1, -0.05) is 25.7 Å². The number of carbonyl (C=O) groups excluding carboxylic acids is 2. The third kappa shape index (κ3) is 12.3. The van der Waals surface area contributed by atoms with E-state index in [2.05, 4.69) is 66.0 Å². The molecule has 0 atom stereocenters. The third-order valence-electron chi connectivity index (χ3n) is 6.87. The first-order chi connectivity index (χ1) is 16.6. The molecule has 2 aliphatic heterocycles. The SMILES string of the molecule is CC1(C)CC(OOC(=O)CCCCCCCCC(=O)OOC2CC(C)(C)NC(C)(C)C2)CC(C)(C)N1. The Hall–Kier alpha value is -1.22. The van der Waals surface area contributed by atoms with Gasteiger partial charge in [0.2, 0.25) is 0 Å². The van der Waals surface area contributed by atoms with Crippen molar-refractivity contribution >= 4 is 11.9 Å². The number of nitrogens with one attached hydrogen (secondary N) is 2. The van der Waals surface area contributed by atoms with Crippen LogP contribution in [0.2, 0.25) is 0 Å². The fourth-order valence-electron chi connectivity index (χ4n) is 6.17. The molecule has 2 aliphatic rings. The summed E-state index contributed by atoms with van der Waals surface area (Å²) in [6.07, 6.45) is 9.29. The van der Waals surface area contributed by atoms with Gasteiger partial charge >= 0.3 is 11.9 Å². The van der Waals surface area contributed by atoms with Crippen LogP contribution in [0.25, 0.3) is 0 Å². The quantitative estimate of drug-likeness (QED) is 0.185. The molecule has 0 radical (unpaired) electrons. The molecule has 2 heterocycles. The lowest BCUT2D eigenvalue weighted by molar-refractivity contribution is -0.308. The number of hydrogen-bond acceptors (Lipinski definition) is 8. The normalized spacial score (nSPS) is 23.2. The first kappa shape index (κ1) is 31.0. The van der Waals surface area contributed by atoms with E-state index < -0.39 is 0 Å². The van der Waals surface area contributed by atoms with Crippen molar-refractivity contribution in [2.24, 2.45) is 0 Å². The summed E-state index contributed by atoms with van der Waals surface area (Å²) in [5.74, 6) is -0.597. The smallest absolute Gasteiger partial charge is 0.307 e. The Morgan fingerprint density at radius 3 is 1.14 bits per heavy atom. The topological polar surface area (TPSA) is 95.1 Å². The van der Waals surface area contributed by atoms with Crippen molar-refractivity contribution in [3.05, 3.63) is 0 Å². The van der Waals surface area contributed by atoms with Gasteiger partial charge in [-0.05, 0) is 93.9 Å². The Morgan fingerprint density at radius 1 is 0.556 bits per heavy atom. The number of piperidine rings is 2. The molecule has 0 aromatic carbocycles. The fraction of sp³-hybridized carbons (Fsp3) is 0.929. The standard InChI is InChI=1S/C28H52N2O6/c1-25(2)17-21(18-26(3,4)29-25)33-35-23(31)15-13-11-9-10-12-14-16-24(32)36-34-22-19-27(5,6)30-28(7,8)20-22/h21-22,29-30H,9-20H2,1-8H3. The van der Waals surface area contributed by atoms with E-state index >= 15 is 0 Å². The van der Waals surface area contributed by atoms with E-state index in [1.54, 1.807) is 0 Å². The van der Waals surface area contributed by atoms with Crippen LogP contribution in [0.5, 0.6) is 0 Å². The maximum atomic E-state index is 12.0. The number of unbranched alkanes of at least 4 members (excludes halogenated alkanes) is 5. The van der Waals surface area contributed by atoms with E-state index in [1.165, 1.54) is 0 Å². The lowest BCUT2D eigenvalue weighted by Crippen LogP contribution is -2.59. The zero-order valence-electron chi connectivity index (χ0n) is 24.1. The van der Waals surface area contributed by atoms with Gasteiger partial charge in [0.15, 0.2) is 0 Å². The van der Waals surface area contributed by atoms with Crippen LogP contribution in [0.3, 0.4) is 0 Å². The van der Waals surface area contributed by atoms with Gasteiger partial charge < -0.3 is 10.6 Å². The molecule has 0 aromatic heterocycles. The maximum Gasteiger partial charge on any atom is 0.342 e. The first-order valence-corrected chi connectivity index (χ1v) is 13.9. The largest absolute Gasteiger partial charge is 0.342 e. The van der Waals surface area contributed by atoms with Gasteiger partial charge in [0, 0.05) is 35.0 Å². The molecule has 8 nitrogen and oxygen atoms in total. The molecular weight excluding hydrogens is 460 g/mol. The highest BCUT2D eigenvalue weighted by atomic mass is 17.2. The Balaban J connectivity index is 1.46. The van der Waals surface area contributed by atoms with E-state index in [0.717, 1.165) is 64.2 Å². The summed E-state index contributed by atoms with van der Waals surface area (Å²) in [5.41, 5.74) is -0.206. The molecule has 0 unspecified atom stereocenters. The van der Waals surface area contributed by atoms with Crippen LogP contribution in [0, 0.1) is 0 Å². The molecule has 0 aromatic rings. The van der Waals surface area contributed by atoms with Crippen molar-refractivity contribution in [3.8, 4) is 0 Å². The van der Waals surface area contributed by atoms with E-state index in [1.807, 2.05) is 0 Å². The van der Waals surface area contributed by atoms with Gasteiger partial charge in [-0.3, -0.25) is 9.78 Å². The van der Waals surface area contributed by atoms with Crippen LogP contribution < -0.4 is 10.6 Å². The van der Waals surface area contributed by atoms with Crippen molar-refractivity contribution in [1.82, 2.24) is 10.6 Å². The molecule has 0 spiro atoms. The molecular formula is C28H52N2O6. The summed E-state index contributed by atoms with van der Waals surface area (Å²) in [6, 6.07) is 0. The van der Waals surface area contributed by atoms with Gasteiger partial charge in [-0.15, -0.1) is 0 Å². The van der Waals surface area contributed by atoms with Crippen LogP contribution in [0.1, 0.15) is 132 Å². The first-order valence-electron chi connectivity index (χ1n) is 13.9. The zero-order valence-corrected chi connectivity index (χ0v) is 24.1. The summed E-state index contributed by atoms with van der Waals surface area (Å²) in [6.45, 7) is 17.1. The van der Waals surface area contributed by atoms with Crippen molar-refractivity contribution < 1.29 is 29.1 Å². The van der Waals surface area contributed by atoms with Gasteiger partial charge in [-0.2, -0.15) is 9.78 Å². The lowest BCUT2D eigenvalue weighted by atomic mass is 9.81. The second-order valence-electron chi connectivity index (χ2n) is 13.6. The third-order valence-corrected chi connectivity index (χ3v) is 6.87.